The second-order valence-electron chi connectivity index (χ2n) is 4.32. The first-order chi connectivity index (χ1) is 8.54. The highest BCUT2D eigenvalue weighted by Gasteiger charge is 2.38. The number of H-pyrrole nitrogens is 1. The van der Waals surface area contributed by atoms with Crippen molar-refractivity contribution in [1.29, 1.82) is 0 Å². The molecule has 1 atom stereocenters. The molecule has 1 aliphatic rings. The number of nitrogens with one attached hydrogen (secondary N) is 1. The second kappa shape index (κ2) is 4.40. The zero-order chi connectivity index (χ0) is 13.3. The third kappa shape index (κ3) is 1.75. The molecule has 18 heavy (non-hydrogen) atoms. The average Bonchev–Trinajstić information content (AvgIpc) is 2.68. The number of allylic oxidation sites excluding steroid dienone is 1. The van der Waals surface area contributed by atoms with Crippen molar-refractivity contribution < 1.29 is 10.2 Å². The highest BCUT2D eigenvalue weighted by Crippen LogP contribution is 2.41. The minimum absolute atomic E-state index is 0.284. The van der Waals surface area contributed by atoms with Crippen molar-refractivity contribution in [3.8, 4) is 0 Å². The van der Waals surface area contributed by atoms with Gasteiger partial charge in [-0.2, -0.15) is 0 Å². The van der Waals surface area contributed by atoms with E-state index < -0.39 is 22.7 Å². The van der Waals surface area contributed by atoms with E-state index in [1.54, 1.807) is 12.2 Å². The summed E-state index contributed by atoms with van der Waals surface area (Å²) in [4.78, 5) is 24.8. The van der Waals surface area contributed by atoms with Gasteiger partial charge in [0.1, 0.15) is 0 Å². The fourth-order valence-corrected chi connectivity index (χ4v) is 2.06. The lowest BCUT2D eigenvalue weighted by molar-refractivity contribution is 0.121. The van der Waals surface area contributed by atoms with Gasteiger partial charge >= 0.3 is 5.69 Å². The quantitative estimate of drug-likeness (QED) is 0.610. The Morgan fingerprint density at radius 1 is 1.39 bits per heavy atom. The van der Waals surface area contributed by atoms with Crippen molar-refractivity contribution in [3.05, 3.63) is 57.4 Å². The first-order valence-electron chi connectivity index (χ1n) is 5.46. The number of aliphatic hydroxyl groups is 2. The number of hydrogen-bond acceptors (Lipinski definition) is 4. The Morgan fingerprint density at radius 2 is 2.06 bits per heavy atom. The standard InChI is InChI=1S/C12H14N2O4/c1-8-9(2-4-12(8,6-15)7-16)14-5-3-10(17)13-11(14)18/h2-5,9,15-16H,1,6-7H2,(H,13,17,18). The maximum atomic E-state index is 11.7. The number of aliphatic hydroxyl groups excluding tert-OH is 2. The summed E-state index contributed by atoms with van der Waals surface area (Å²) >= 11 is 0. The van der Waals surface area contributed by atoms with Crippen LogP contribution in [-0.4, -0.2) is 33.0 Å². The first kappa shape index (κ1) is 12.5. The molecule has 2 rings (SSSR count). The molecule has 0 aromatic carbocycles. The topological polar surface area (TPSA) is 95.3 Å². The van der Waals surface area contributed by atoms with E-state index in [0.717, 1.165) is 0 Å². The molecule has 0 amide bonds. The van der Waals surface area contributed by atoms with Crippen LogP contribution in [0.4, 0.5) is 0 Å². The summed E-state index contributed by atoms with van der Waals surface area (Å²) in [5.74, 6) is 0. The third-order valence-corrected chi connectivity index (χ3v) is 3.31. The minimum Gasteiger partial charge on any atom is -0.395 e. The molecule has 96 valence electrons. The summed E-state index contributed by atoms with van der Waals surface area (Å²) in [5, 5.41) is 18.7. The van der Waals surface area contributed by atoms with Crippen molar-refractivity contribution in [3.63, 3.8) is 0 Å². The maximum absolute atomic E-state index is 11.7. The van der Waals surface area contributed by atoms with Gasteiger partial charge in [-0.05, 0) is 5.57 Å². The molecule has 0 radical (unpaired) electrons. The van der Waals surface area contributed by atoms with Gasteiger partial charge in [-0.3, -0.25) is 14.3 Å². The summed E-state index contributed by atoms with van der Waals surface area (Å²) in [6.45, 7) is 3.27. The summed E-state index contributed by atoms with van der Waals surface area (Å²) in [5.41, 5.74) is -1.42. The van der Waals surface area contributed by atoms with Crippen LogP contribution in [0.15, 0.2) is 46.2 Å². The van der Waals surface area contributed by atoms with E-state index in [2.05, 4.69) is 11.6 Å². The molecular weight excluding hydrogens is 236 g/mol. The number of aromatic amines is 1. The van der Waals surface area contributed by atoms with Crippen molar-refractivity contribution in [2.45, 2.75) is 6.04 Å². The van der Waals surface area contributed by atoms with E-state index in [1.165, 1.54) is 16.8 Å². The molecule has 0 saturated carbocycles. The van der Waals surface area contributed by atoms with Gasteiger partial charge in [-0.1, -0.05) is 18.7 Å². The number of nitrogens with zero attached hydrogens (tertiary/aromatic N) is 1. The molecule has 6 heteroatoms. The maximum Gasteiger partial charge on any atom is 0.329 e. The zero-order valence-electron chi connectivity index (χ0n) is 9.67. The van der Waals surface area contributed by atoms with Gasteiger partial charge in [-0.15, -0.1) is 0 Å². The molecule has 0 spiro atoms. The van der Waals surface area contributed by atoms with Crippen LogP contribution in [0.25, 0.3) is 0 Å². The Labute approximate surface area is 103 Å². The molecule has 1 aromatic heterocycles. The lowest BCUT2D eigenvalue weighted by Crippen LogP contribution is -2.34. The van der Waals surface area contributed by atoms with Gasteiger partial charge < -0.3 is 10.2 Å². The Hall–Kier alpha value is -1.92. The van der Waals surface area contributed by atoms with Crippen LogP contribution >= 0.6 is 0 Å². The van der Waals surface area contributed by atoms with Gasteiger partial charge in [0.25, 0.3) is 5.56 Å². The number of aromatic nitrogens is 2. The van der Waals surface area contributed by atoms with Crippen molar-refractivity contribution >= 4 is 0 Å². The van der Waals surface area contributed by atoms with E-state index in [-0.39, 0.29) is 13.2 Å². The SMILES string of the molecule is C=C1C(n2ccc(=O)[nH]c2=O)C=CC1(CO)CO. The molecule has 0 saturated heterocycles. The van der Waals surface area contributed by atoms with Crippen LogP contribution in [0, 0.1) is 5.41 Å². The third-order valence-electron chi connectivity index (χ3n) is 3.31. The lowest BCUT2D eigenvalue weighted by atomic mass is 9.84. The molecule has 1 unspecified atom stereocenters. The van der Waals surface area contributed by atoms with Gasteiger partial charge in [0.15, 0.2) is 0 Å². The molecule has 3 N–H and O–H groups in total. The Bertz CT molecular complexity index is 607. The van der Waals surface area contributed by atoms with Crippen LogP contribution in [0.3, 0.4) is 0 Å². The highest BCUT2D eigenvalue weighted by atomic mass is 16.3. The van der Waals surface area contributed by atoms with Crippen molar-refractivity contribution in [2.24, 2.45) is 5.41 Å². The Balaban J connectivity index is 2.44. The van der Waals surface area contributed by atoms with E-state index in [1.807, 2.05) is 0 Å². The molecule has 1 aromatic rings. The summed E-state index contributed by atoms with van der Waals surface area (Å²) in [6, 6.07) is 0.758. The van der Waals surface area contributed by atoms with E-state index in [9.17, 15) is 19.8 Å². The summed E-state index contributed by atoms with van der Waals surface area (Å²) in [7, 11) is 0. The van der Waals surface area contributed by atoms with Gasteiger partial charge in [-0.25, -0.2) is 4.79 Å². The van der Waals surface area contributed by atoms with E-state index in [4.69, 9.17) is 0 Å². The van der Waals surface area contributed by atoms with Crippen molar-refractivity contribution in [2.75, 3.05) is 13.2 Å². The van der Waals surface area contributed by atoms with Crippen molar-refractivity contribution in [1.82, 2.24) is 9.55 Å². The second-order valence-corrected chi connectivity index (χ2v) is 4.32. The van der Waals surface area contributed by atoms with Gasteiger partial charge in [0, 0.05) is 12.3 Å². The monoisotopic (exact) mass is 250 g/mol. The van der Waals surface area contributed by atoms with Crippen LogP contribution in [-0.2, 0) is 0 Å². The predicted octanol–water partition coefficient (Wildman–Crippen LogP) is -0.825. The lowest BCUT2D eigenvalue weighted by Gasteiger charge is -2.27. The Morgan fingerprint density at radius 3 is 2.56 bits per heavy atom. The fraction of sp³-hybridized carbons (Fsp3) is 0.333. The van der Waals surface area contributed by atoms with Crippen LogP contribution in [0.1, 0.15) is 6.04 Å². The Kier molecular flexibility index (Phi) is 3.06. The van der Waals surface area contributed by atoms with Crippen LogP contribution < -0.4 is 11.2 Å². The average molecular weight is 250 g/mol. The number of hydrogen-bond donors (Lipinski definition) is 3. The molecule has 0 bridgehead atoms. The smallest absolute Gasteiger partial charge is 0.329 e. The first-order valence-corrected chi connectivity index (χ1v) is 5.46. The highest BCUT2D eigenvalue weighted by molar-refractivity contribution is 5.35. The zero-order valence-corrected chi connectivity index (χ0v) is 9.67. The molecule has 0 aliphatic heterocycles. The molecular formula is C12H14N2O4. The number of rotatable bonds is 3. The largest absolute Gasteiger partial charge is 0.395 e. The summed E-state index contributed by atoms with van der Waals surface area (Å²) in [6.07, 6.45) is 4.68. The molecule has 1 heterocycles. The fourth-order valence-electron chi connectivity index (χ4n) is 2.06. The van der Waals surface area contributed by atoms with Gasteiger partial charge in [0.05, 0.1) is 24.7 Å². The van der Waals surface area contributed by atoms with E-state index in [0.29, 0.717) is 5.57 Å². The molecule has 0 fully saturated rings. The van der Waals surface area contributed by atoms with E-state index >= 15 is 0 Å². The molecule has 1 aliphatic carbocycles. The predicted molar refractivity (Wildman–Crippen MR) is 65.2 cm³/mol. The minimum atomic E-state index is -0.916. The van der Waals surface area contributed by atoms with Crippen LogP contribution in [0.5, 0.6) is 0 Å². The van der Waals surface area contributed by atoms with Gasteiger partial charge in [0.2, 0.25) is 0 Å². The summed E-state index contributed by atoms with van der Waals surface area (Å²) < 4.78 is 1.30. The normalized spacial score (nSPS) is 21.4. The molecule has 6 nitrogen and oxygen atoms in total. The van der Waals surface area contributed by atoms with Crippen LogP contribution in [0.2, 0.25) is 0 Å².